The van der Waals surface area contributed by atoms with Crippen molar-refractivity contribution in [2.24, 2.45) is 5.92 Å². The van der Waals surface area contributed by atoms with E-state index in [1.54, 1.807) is 19.4 Å². The smallest absolute Gasteiger partial charge is 0.228 e. The van der Waals surface area contributed by atoms with Crippen LogP contribution in [0.3, 0.4) is 0 Å². The summed E-state index contributed by atoms with van der Waals surface area (Å²) in [6, 6.07) is 15.9. The molecule has 8 nitrogen and oxygen atoms in total. The van der Waals surface area contributed by atoms with Crippen LogP contribution in [0.15, 0.2) is 48.7 Å². The summed E-state index contributed by atoms with van der Waals surface area (Å²) < 4.78 is 5.22. The Morgan fingerprint density at radius 1 is 1.21 bits per heavy atom. The first-order valence-electron chi connectivity index (χ1n) is 11.6. The minimum atomic E-state index is -0.0710. The third kappa shape index (κ3) is 5.26. The van der Waals surface area contributed by atoms with Gasteiger partial charge in [-0.25, -0.2) is 0 Å². The molecule has 176 valence electrons. The molecule has 8 heteroatoms. The first-order chi connectivity index (χ1) is 16.6. The lowest BCUT2D eigenvalue weighted by Crippen LogP contribution is -2.50. The van der Waals surface area contributed by atoms with Crippen molar-refractivity contribution in [1.82, 2.24) is 15.1 Å². The molecule has 4 rings (SSSR count). The Morgan fingerprint density at radius 3 is 2.76 bits per heavy atom. The number of hydrogen-bond donors (Lipinski definition) is 1. The summed E-state index contributed by atoms with van der Waals surface area (Å²) in [4.78, 5) is 17.1. The lowest BCUT2D eigenvalue weighted by Gasteiger charge is -2.37. The normalized spacial score (nSPS) is 14.6. The first-order valence-corrected chi connectivity index (χ1v) is 11.6. The molecule has 2 aromatic carbocycles. The molecular formula is C26H30N6O2. The average Bonchev–Trinajstić information content (AvgIpc) is 2.90. The molecule has 0 bridgehead atoms. The number of nitrogens with zero attached hydrogens (tertiary/aromatic N) is 5. The molecule has 1 aliphatic rings. The number of carbonyl (C=O) groups excluding carboxylic acids is 1. The van der Waals surface area contributed by atoms with Crippen LogP contribution in [0.4, 0.5) is 11.4 Å². The van der Waals surface area contributed by atoms with Crippen molar-refractivity contribution in [3.8, 4) is 6.07 Å². The molecule has 1 N–H and O–H groups in total. The zero-order valence-corrected chi connectivity index (χ0v) is 19.7. The SMILES string of the molecule is CCC(COC)C(=O)N1CCN(c2ccc3nncc(NCc4cccc(C#N)c4)c3c2)CC1. The highest BCUT2D eigenvalue weighted by atomic mass is 16.5. The van der Waals surface area contributed by atoms with Gasteiger partial charge in [0.05, 0.1) is 41.6 Å². The van der Waals surface area contributed by atoms with Crippen LogP contribution >= 0.6 is 0 Å². The molecule has 1 saturated heterocycles. The Morgan fingerprint density at radius 2 is 2.03 bits per heavy atom. The lowest BCUT2D eigenvalue weighted by atomic mass is 10.1. The summed E-state index contributed by atoms with van der Waals surface area (Å²) in [7, 11) is 1.64. The molecule has 0 aliphatic carbocycles. The number of ether oxygens (including phenoxy) is 1. The highest BCUT2D eigenvalue weighted by molar-refractivity contribution is 5.93. The van der Waals surface area contributed by atoms with Crippen LogP contribution in [0.5, 0.6) is 0 Å². The number of rotatable bonds is 8. The number of nitrogens with one attached hydrogen (secondary N) is 1. The predicted octanol–water partition coefficient (Wildman–Crippen LogP) is 3.43. The van der Waals surface area contributed by atoms with Crippen molar-refractivity contribution in [3.05, 3.63) is 59.8 Å². The molecule has 1 atom stereocenters. The number of amides is 1. The van der Waals surface area contributed by atoms with Gasteiger partial charge in [0.25, 0.3) is 0 Å². The highest BCUT2D eigenvalue weighted by Gasteiger charge is 2.26. The van der Waals surface area contributed by atoms with E-state index in [-0.39, 0.29) is 11.8 Å². The zero-order valence-electron chi connectivity index (χ0n) is 19.7. The van der Waals surface area contributed by atoms with Crippen molar-refractivity contribution >= 4 is 28.2 Å². The number of aromatic nitrogens is 2. The van der Waals surface area contributed by atoms with Crippen LogP contribution in [0.1, 0.15) is 24.5 Å². The van der Waals surface area contributed by atoms with Crippen LogP contribution < -0.4 is 10.2 Å². The predicted molar refractivity (Wildman–Crippen MR) is 132 cm³/mol. The zero-order chi connectivity index (χ0) is 23.9. The van der Waals surface area contributed by atoms with Crippen LogP contribution in [-0.2, 0) is 16.1 Å². The third-order valence-electron chi connectivity index (χ3n) is 6.33. The Labute approximate surface area is 200 Å². The van der Waals surface area contributed by atoms with E-state index >= 15 is 0 Å². The van der Waals surface area contributed by atoms with Crippen molar-refractivity contribution < 1.29 is 9.53 Å². The standard InChI is InChI=1S/C26H30N6O2/c1-3-21(18-34-2)26(33)32-11-9-31(10-12-32)22-7-8-24-23(14-22)25(17-29-30-24)28-16-20-6-4-5-19(13-20)15-27/h4-8,13-14,17,21H,3,9-12,16,18H2,1-2H3,(H,28,30). The second-order valence-corrected chi connectivity index (χ2v) is 8.50. The molecule has 0 radical (unpaired) electrons. The number of anilines is 2. The molecule has 0 spiro atoms. The van der Waals surface area contributed by atoms with Crippen LogP contribution in [0, 0.1) is 17.2 Å². The number of hydrogen-bond acceptors (Lipinski definition) is 7. The Balaban J connectivity index is 1.46. The van der Waals surface area contributed by atoms with Gasteiger partial charge in [-0.05, 0) is 42.3 Å². The van der Waals surface area contributed by atoms with E-state index in [4.69, 9.17) is 10.00 Å². The van der Waals surface area contributed by atoms with Gasteiger partial charge in [0.1, 0.15) is 0 Å². The van der Waals surface area contributed by atoms with Gasteiger partial charge in [0.2, 0.25) is 5.91 Å². The van der Waals surface area contributed by atoms with E-state index in [2.05, 4.69) is 38.6 Å². The lowest BCUT2D eigenvalue weighted by molar-refractivity contribution is -0.137. The van der Waals surface area contributed by atoms with E-state index in [1.165, 1.54) is 0 Å². The summed E-state index contributed by atoms with van der Waals surface area (Å²) in [6.45, 7) is 6.05. The minimum Gasteiger partial charge on any atom is -0.384 e. The van der Waals surface area contributed by atoms with E-state index in [9.17, 15) is 4.79 Å². The molecule has 1 aromatic heterocycles. The monoisotopic (exact) mass is 458 g/mol. The largest absolute Gasteiger partial charge is 0.384 e. The molecular weight excluding hydrogens is 428 g/mol. The van der Waals surface area contributed by atoms with Crippen LogP contribution in [0.2, 0.25) is 0 Å². The van der Waals surface area contributed by atoms with Crippen molar-refractivity contribution in [1.29, 1.82) is 5.26 Å². The van der Waals surface area contributed by atoms with Crippen LogP contribution in [0.25, 0.3) is 10.9 Å². The maximum absolute atomic E-state index is 12.8. The van der Waals surface area contributed by atoms with Crippen LogP contribution in [-0.4, -0.2) is 60.9 Å². The van der Waals surface area contributed by atoms with Gasteiger partial charge in [-0.15, -0.1) is 0 Å². The highest BCUT2D eigenvalue weighted by Crippen LogP contribution is 2.27. The fourth-order valence-corrected chi connectivity index (χ4v) is 4.34. The number of benzene rings is 2. The van der Waals surface area contributed by atoms with Gasteiger partial charge in [-0.1, -0.05) is 19.1 Å². The summed E-state index contributed by atoms with van der Waals surface area (Å²) in [6.07, 6.45) is 2.52. The van der Waals surface area contributed by atoms with Crippen molar-refractivity contribution in [2.75, 3.05) is 50.1 Å². The fraction of sp³-hybridized carbons (Fsp3) is 0.385. The van der Waals surface area contributed by atoms with Gasteiger partial charge in [-0.3, -0.25) is 4.79 Å². The first kappa shape index (κ1) is 23.5. The van der Waals surface area contributed by atoms with E-state index < -0.39 is 0 Å². The maximum Gasteiger partial charge on any atom is 0.228 e. The fourth-order valence-electron chi connectivity index (χ4n) is 4.34. The van der Waals surface area contributed by atoms with E-state index in [1.807, 2.05) is 36.1 Å². The van der Waals surface area contributed by atoms with E-state index in [0.717, 1.165) is 47.4 Å². The Hall–Kier alpha value is -3.70. The summed E-state index contributed by atoms with van der Waals surface area (Å²) in [5.74, 6) is 0.114. The van der Waals surface area contributed by atoms with E-state index in [0.29, 0.717) is 31.8 Å². The summed E-state index contributed by atoms with van der Waals surface area (Å²) in [5, 5.41) is 22.0. The quantitative estimate of drug-likeness (QED) is 0.553. The molecule has 2 heterocycles. The molecule has 1 amide bonds. The summed E-state index contributed by atoms with van der Waals surface area (Å²) >= 11 is 0. The maximum atomic E-state index is 12.8. The number of carbonyl (C=O) groups is 1. The molecule has 34 heavy (non-hydrogen) atoms. The second kappa shape index (κ2) is 10.9. The summed E-state index contributed by atoms with van der Waals surface area (Å²) in [5.41, 5.74) is 4.49. The third-order valence-corrected chi connectivity index (χ3v) is 6.33. The number of nitriles is 1. The number of methoxy groups -OCH3 is 1. The Kier molecular flexibility index (Phi) is 7.55. The Bertz CT molecular complexity index is 1180. The van der Waals surface area contributed by atoms with Gasteiger partial charge in [0, 0.05) is 50.9 Å². The molecule has 1 aliphatic heterocycles. The molecule has 0 saturated carbocycles. The topological polar surface area (TPSA) is 94.4 Å². The van der Waals surface area contributed by atoms with Crippen molar-refractivity contribution in [3.63, 3.8) is 0 Å². The molecule has 3 aromatic rings. The van der Waals surface area contributed by atoms with Crippen molar-refractivity contribution in [2.45, 2.75) is 19.9 Å². The van der Waals surface area contributed by atoms with Gasteiger partial charge in [0.15, 0.2) is 0 Å². The number of fused-ring (bicyclic) bond motifs is 1. The number of piperazine rings is 1. The van der Waals surface area contributed by atoms with Gasteiger partial charge >= 0.3 is 0 Å². The van der Waals surface area contributed by atoms with Gasteiger partial charge in [-0.2, -0.15) is 15.5 Å². The second-order valence-electron chi connectivity index (χ2n) is 8.50. The average molecular weight is 459 g/mol. The molecule has 1 unspecified atom stereocenters. The van der Waals surface area contributed by atoms with Gasteiger partial charge < -0.3 is 19.9 Å². The molecule has 1 fully saturated rings. The minimum absolute atomic E-state index is 0.0710.